The minimum absolute atomic E-state index is 0.203. The average Bonchev–Trinajstić information content (AvgIpc) is 2.34. The van der Waals surface area contributed by atoms with Gasteiger partial charge in [-0.3, -0.25) is 4.79 Å². The molecule has 1 rings (SSSR count). The first-order valence-corrected chi connectivity index (χ1v) is 5.17. The number of Topliss-reactive ketones (excluding diaryl/α,β-unsaturated/α-hetero) is 1. The highest BCUT2D eigenvalue weighted by atomic mass is 35.5. The number of methoxy groups -OCH3 is 1. The summed E-state index contributed by atoms with van der Waals surface area (Å²) >= 11 is 5.32. The van der Waals surface area contributed by atoms with Crippen LogP contribution in [-0.2, 0) is 6.18 Å². The SMILES string of the molecule is COc1c(C(F)(F)F)ccc(C#N)c1C(=O)CCl. The van der Waals surface area contributed by atoms with E-state index in [9.17, 15) is 18.0 Å². The van der Waals surface area contributed by atoms with Crippen LogP contribution in [0, 0.1) is 11.3 Å². The Kier molecular flexibility index (Phi) is 4.19. The van der Waals surface area contributed by atoms with Crippen LogP contribution in [0.25, 0.3) is 0 Å². The summed E-state index contributed by atoms with van der Waals surface area (Å²) in [5.74, 6) is -2.00. The Hall–Kier alpha value is -1.74. The van der Waals surface area contributed by atoms with Crippen LogP contribution in [0.4, 0.5) is 13.2 Å². The molecule has 0 aliphatic heterocycles. The number of carbonyl (C=O) groups is 1. The second-order valence-corrected chi connectivity index (χ2v) is 3.50. The zero-order valence-electron chi connectivity index (χ0n) is 9.14. The predicted octanol–water partition coefficient (Wildman–Crippen LogP) is 3.01. The number of ether oxygens (including phenoxy) is 1. The van der Waals surface area contributed by atoms with E-state index < -0.39 is 34.7 Å². The van der Waals surface area contributed by atoms with E-state index in [4.69, 9.17) is 16.9 Å². The Morgan fingerprint density at radius 1 is 1.50 bits per heavy atom. The first kappa shape index (κ1) is 14.3. The molecule has 0 amide bonds. The molecule has 0 atom stereocenters. The summed E-state index contributed by atoms with van der Waals surface area (Å²) in [6.45, 7) is 0. The molecule has 0 radical (unpaired) electrons. The third-order valence-electron chi connectivity index (χ3n) is 2.19. The van der Waals surface area contributed by atoms with E-state index in [0.29, 0.717) is 6.07 Å². The molecule has 1 aromatic rings. The molecule has 0 saturated heterocycles. The zero-order valence-corrected chi connectivity index (χ0v) is 9.89. The fourth-order valence-corrected chi connectivity index (χ4v) is 1.59. The second-order valence-electron chi connectivity index (χ2n) is 3.24. The first-order chi connectivity index (χ1) is 8.36. The Labute approximate surface area is 106 Å². The first-order valence-electron chi connectivity index (χ1n) is 4.64. The molecule has 3 nitrogen and oxygen atoms in total. The predicted molar refractivity (Wildman–Crippen MR) is 57.8 cm³/mol. The molecular formula is C11H7ClF3NO2. The zero-order chi connectivity index (χ0) is 13.9. The van der Waals surface area contributed by atoms with Gasteiger partial charge < -0.3 is 4.74 Å². The van der Waals surface area contributed by atoms with Crippen LogP contribution in [0.3, 0.4) is 0 Å². The minimum Gasteiger partial charge on any atom is -0.495 e. The quantitative estimate of drug-likeness (QED) is 0.630. The third-order valence-corrected chi connectivity index (χ3v) is 2.43. The van der Waals surface area contributed by atoms with Gasteiger partial charge in [-0.15, -0.1) is 11.6 Å². The standard InChI is InChI=1S/C11H7ClF3NO2/c1-18-10-7(11(13,14)15)3-2-6(5-16)9(10)8(17)4-12/h2-3H,4H2,1H3. The number of carbonyl (C=O) groups excluding carboxylic acids is 1. The van der Waals surface area contributed by atoms with Gasteiger partial charge in [0.05, 0.1) is 29.7 Å². The highest BCUT2D eigenvalue weighted by Gasteiger charge is 2.37. The number of hydrogen-bond donors (Lipinski definition) is 0. The van der Waals surface area contributed by atoms with E-state index >= 15 is 0 Å². The molecule has 0 aromatic heterocycles. The van der Waals surface area contributed by atoms with Crippen LogP contribution in [0.2, 0.25) is 0 Å². The normalized spacial score (nSPS) is 10.9. The summed E-state index contributed by atoms with van der Waals surface area (Å²) in [5.41, 5.74) is -1.76. The van der Waals surface area contributed by atoms with Crippen molar-refractivity contribution in [3.05, 3.63) is 28.8 Å². The van der Waals surface area contributed by atoms with Crippen molar-refractivity contribution in [2.45, 2.75) is 6.18 Å². The molecule has 0 heterocycles. The van der Waals surface area contributed by atoms with Gasteiger partial charge >= 0.3 is 6.18 Å². The highest BCUT2D eigenvalue weighted by molar-refractivity contribution is 6.31. The van der Waals surface area contributed by atoms with Crippen LogP contribution >= 0.6 is 11.6 Å². The molecule has 18 heavy (non-hydrogen) atoms. The van der Waals surface area contributed by atoms with Crippen molar-refractivity contribution < 1.29 is 22.7 Å². The van der Waals surface area contributed by atoms with E-state index in [1.807, 2.05) is 0 Å². The lowest BCUT2D eigenvalue weighted by Crippen LogP contribution is -2.13. The molecule has 0 aliphatic rings. The summed E-state index contributed by atoms with van der Waals surface area (Å²) < 4.78 is 42.8. The van der Waals surface area contributed by atoms with Crippen LogP contribution < -0.4 is 4.74 Å². The van der Waals surface area contributed by atoms with Gasteiger partial charge in [-0.25, -0.2) is 0 Å². The molecule has 0 bridgehead atoms. The molecule has 7 heteroatoms. The number of halogens is 4. The Morgan fingerprint density at radius 2 is 2.11 bits per heavy atom. The summed E-state index contributed by atoms with van der Waals surface area (Å²) in [6, 6.07) is 3.26. The van der Waals surface area contributed by atoms with Gasteiger partial charge in [-0.05, 0) is 12.1 Å². The summed E-state index contributed by atoms with van der Waals surface area (Å²) in [4.78, 5) is 11.5. The van der Waals surface area contributed by atoms with Gasteiger partial charge in [-0.2, -0.15) is 18.4 Å². The lowest BCUT2D eigenvalue weighted by Gasteiger charge is -2.15. The highest BCUT2D eigenvalue weighted by Crippen LogP contribution is 2.39. The summed E-state index contributed by atoms with van der Waals surface area (Å²) in [7, 11) is 0.997. The monoisotopic (exact) mass is 277 g/mol. The molecule has 0 aliphatic carbocycles. The maximum atomic E-state index is 12.7. The Balaban J connectivity index is 3.64. The fraction of sp³-hybridized carbons (Fsp3) is 0.273. The van der Waals surface area contributed by atoms with Crippen molar-refractivity contribution in [2.24, 2.45) is 0 Å². The number of benzene rings is 1. The number of hydrogen-bond acceptors (Lipinski definition) is 3. The maximum Gasteiger partial charge on any atom is 0.419 e. The molecule has 0 fully saturated rings. The van der Waals surface area contributed by atoms with Crippen molar-refractivity contribution in [1.82, 2.24) is 0 Å². The molecule has 0 saturated carbocycles. The Morgan fingerprint density at radius 3 is 2.50 bits per heavy atom. The number of nitriles is 1. The second kappa shape index (κ2) is 5.27. The van der Waals surface area contributed by atoms with E-state index in [1.54, 1.807) is 6.07 Å². The van der Waals surface area contributed by atoms with E-state index in [2.05, 4.69) is 4.74 Å². The van der Waals surface area contributed by atoms with Gasteiger partial charge in [0, 0.05) is 0 Å². The van der Waals surface area contributed by atoms with Gasteiger partial charge in [0.2, 0.25) is 0 Å². The minimum atomic E-state index is -4.68. The van der Waals surface area contributed by atoms with Crippen LogP contribution in [0.5, 0.6) is 5.75 Å². The van der Waals surface area contributed by atoms with Crippen molar-refractivity contribution in [3.63, 3.8) is 0 Å². The molecule has 0 N–H and O–H groups in total. The number of nitrogens with zero attached hydrogens (tertiary/aromatic N) is 1. The molecule has 0 unspecified atom stereocenters. The molecule has 1 aromatic carbocycles. The van der Waals surface area contributed by atoms with Crippen LogP contribution in [0.15, 0.2) is 12.1 Å². The van der Waals surface area contributed by atoms with Crippen molar-refractivity contribution in [2.75, 3.05) is 13.0 Å². The van der Waals surface area contributed by atoms with Gasteiger partial charge in [-0.1, -0.05) is 0 Å². The van der Waals surface area contributed by atoms with E-state index in [1.165, 1.54) is 0 Å². The third kappa shape index (κ3) is 2.57. The van der Waals surface area contributed by atoms with Crippen molar-refractivity contribution in [3.8, 4) is 11.8 Å². The average molecular weight is 278 g/mol. The summed E-state index contributed by atoms with van der Waals surface area (Å²) in [5, 5.41) is 8.79. The smallest absolute Gasteiger partial charge is 0.419 e. The number of rotatable bonds is 3. The number of ketones is 1. The van der Waals surface area contributed by atoms with Gasteiger partial charge in [0.25, 0.3) is 0 Å². The van der Waals surface area contributed by atoms with Gasteiger partial charge in [0.15, 0.2) is 5.78 Å². The van der Waals surface area contributed by atoms with Crippen LogP contribution in [-0.4, -0.2) is 18.8 Å². The lowest BCUT2D eigenvalue weighted by atomic mass is 9.99. The van der Waals surface area contributed by atoms with Crippen molar-refractivity contribution >= 4 is 17.4 Å². The number of alkyl halides is 4. The topological polar surface area (TPSA) is 50.1 Å². The molecule has 0 spiro atoms. The van der Waals surface area contributed by atoms with Gasteiger partial charge in [0.1, 0.15) is 11.8 Å². The molecular weight excluding hydrogens is 271 g/mol. The molecule has 96 valence electrons. The largest absolute Gasteiger partial charge is 0.495 e. The Bertz CT molecular complexity index is 520. The van der Waals surface area contributed by atoms with Crippen LogP contribution in [0.1, 0.15) is 21.5 Å². The fourth-order valence-electron chi connectivity index (χ4n) is 1.45. The lowest BCUT2D eigenvalue weighted by molar-refractivity contribution is -0.138. The van der Waals surface area contributed by atoms with E-state index in [0.717, 1.165) is 13.2 Å². The summed E-state index contributed by atoms with van der Waals surface area (Å²) in [6.07, 6.45) is -4.68. The van der Waals surface area contributed by atoms with Crippen molar-refractivity contribution in [1.29, 1.82) is 5.26 Å². The maximum absolute atomic E-state index is 12.7. The van der Waals surface area contributed by atoms with E-state index in [-0.39, 0.29) is 5.56 Å².